The van der Waals surface area contributed by atoms with Crippen LogP contribution in [0.3, 0.4) is 0 Å². The number of hydrogen-bond donors (Lipinski definition) is 0. The molecule has 1 fully saturated rings. The first-order chi connectivity index (χ1) is 11.6. The normalized spacial score (nSPS) is 16.8. The molecule has 0 amide bonds. The van der Waals surface area contributed by atoms with Crippen molar-refractivity contribution in [3.8, 4) is 0 Å². The van der Waals surface area contributed by atoms with Gasteiger partial charge in [-0.25, -0.2) is 9.67 Å². The van der Waals surface area contributed by atoms with E-state index in [-0.39, 0.29) is 5.56 Å². The molecular formula is C17H22N6O. The maximum absolute atomic E-state index is 12.2. The number of aromatic nitrogens is 4. The van der Waals surface area contributed by atoms with E-state index in [2.05, 4.69) is 20.0 Å². The minimum atomic E-state index is 0.0334. The summed E-state index contributed by atoms with van der Waals surface area (Å²) in [4.78, 5) is 25.1. The summed E-state index contributed by atoms with van der Waals surface area (Å²) < 4.78 is 1.65. The fourth-order valence-corrected chi connectivity index (χ4v) is 3.42. The molecule has 0 bridgehead atoms. The van der Waals surface area contributed by atoms with Crippen LogP contribution < -0.4 is 15.4 Å². The molecule has 0 spiro atoms. The van der Waals surface area contributed by atoms with Gasteiger partial charge in [0.05, 0.1) is 12.2 Å². The Balaban J connectivity index is 1.42. The lowest BCUT2D eigenvalue weighted by atomic mass is 10.0. The highest BCUT2D eigenvalue weighted by atomic mass is 16.1. The maximum atomic E-state index is 12.2. The van der Waals surface area contributed by atoms with Crippen LogP contribution in [0, 0.1) is 5.92 Å². The molecule has 3 heterocycles. The quantitative estimate of drug-likeness (QED) is 0.825. The first-order valence-electron chi connectivity index (χ1n) is 8.45. The first kappa shape index (κ1) is 15.1. The second-order valence-electron chi connectivity index (χ2n) is 6.87. The van der Waals surface area contributed by atoms with E-state index in [0.717, 1.165) is 49.4 Å². The van der Waals surface area contributed by atoms with E-state index in [1.54, 1.807) is 16.9 Å². The third-order valence-corrected chi connectivity index (χ3v) is 4.76. The molecule has 126 valence electrons. The van der Waals surface area contributed by atoms with Gasteiger partial charge in [-0.1, -0.05) is 0 Å². The van der Waals surface area contributed by atoms with Gasteiger partial charge in [0.25, 0.3) is 5.56 Å². The number of hydrogen-bond acceptors (Lipinski definition) is 6. The average molecular weight is 326 g/mol. The molecule has 7 nitrogen and oxygen atoms in total. The van der Waals surface area contributed by atoms with Gasteiger partial charge in [-0.15, -0.1) is 0 Å². The van der Waals surface area contributed by atoms with Gasteiger partial charge >= 0.3 is 0 Å². The summed E-state index contributed by atoms with van der Waals surface area (Å²) in [7, 11) is 3.87. The molecule has 2 aromatic heterocycles. The van der Waals surface area contributed by atoms with E-state index in [9.17, 15) is 4.79 Å². The summed E-state index contributed by atoms with van der Waals surface area (Å²) in [6.45, 7) is 2.48. The molecular weight excluding hydrogens is 304 g/mol. The number of aryl methyl sites for hydroxylation is 2. The van der Waals surface area contributed by atoms with E-state index in [1.165, 1.54) is 0 Å². The number of anilines is 2. The van der Waals surface area contributed by atoms with Gasteiger partial charge in [0.15, 0.2) is 0 Å². The maximum Gasteiger partial charge on any atom is 0.267 e. The van der Waals surface area contributed by atoms with Crippen molar-refractivity contribution < 1.29 is 0 Å². The summed E-state index contributed by atoms with van der Waals surface area (Å²) in [6, 6.07) is 3.71. The Kier molecular flexibility index (Phi) is 3.70. The van der Waals surface area contributed by atoms with Gasteiger partial charge in [0, 0.05) is 45.4 Å². The molecule has 0 N–H and O–H groups in total. The molecule has 0 unspecified atom stereocenters. The molecule has 0 atom stereocenters. The smallest absolute Gasteiger partial charge is 0.267 e. The molecule has 24 heavy (non-hydrogen) atoms. The summed E-state index contributed by atoms with van der Waals surface area (Å²) in [5.74, 6) is 2.10. The van der Waals surface area contributed by atoms with Crippen molar-refractivity contribution in [3.63, 3.8) is 0 Å². The zero-order valence-corrected chi connectivity index (χ0v) is 14.1. The Labute approximate surface area is 140 Å². The average Bonchev–Trinajstić information content (AvgIpc) is 2.97. The fourth-order valence-electron chi connectivity index (χ4n) is 3.42. The monoisotopic (exact) mass is 326 g/mol. The van der Waals surface area contributed by atoms with E-state index in [4.69, 9.17) is 0 Å². The molecule has 0 saturated carbocycles. The molecule has 1 saturated heterocycles. The van der Waals surface area contributed by atoms with Crippen molar-refractivity contribution in [1.29, 1.82) is 0 Å². The van der Waals surface area contributed by atoms with Crippen molar-refractivity contribution in [3.05, 3.63) is 39.9 Å². The van der Waals surface area contributed by atoms with Crippen LogP contribution in [-0.2, 0) is 19.4 Å². The Bertz CT molecular complexity index is 809. The van der Waals surface area contributed by atoms with Crippen LogP contribution in [0.15, 0.2) is 23.1 Å². The molecule has 2 aromatic rings. The van der Waals surface area contributed by atoms with E-state index in [0.29, 0.717) is 18.4 Å². The molecule has 0 radical (unpaired) electrons. The standard InChI is InChI=1S/C17H22N6O/c1-21(2)17-18-7-6-15(19-17)22-9-12(10-22)11-23-16(24)8-13-4-3-5-14(13)20-23/h6-8,12H,3-5,9-11H2,1-2H3. The summed E-state index contributed by atoms with van der Waals surface area (Å²) in [6.07, 6.45) is 4.90. The highest BCUT2D eigenvalue weighted by molar-refractivity contribution is 5.45. The third-order valence-electron chi connectivity index (χ3n) is 4.76. The van der Waals surface area contributed by atoms with Crippen LogP contribution in [0.25, 0.3) is 0 Å². The van der Waals surface area contributed by atoms with Gasteiger partial charge in [0.2, 0.25) is 5.95 Å². The Morgan fingerprint density at radius 3 is 2.92 bits per heavy atom. The van der Waals surface area contributed by atoms with Gasteiger partial charge in [0.1, 0.15) is 5.82 Å². The SMILES string of the molecule is CN(C)c1nccc(N2CC(Cn3nc4c(cc3=O)CCC4)C2)n1. The second kappa shape index (κ2) is 5.89. The zero-order chi connectivity index (χ0) is 16.7. The molecule has 2 aliphatic rings. The van der Waals surface area contributed by atoms with E-state index >= 15 is 0 Å². The minimum Gasteiger partial charge on any atom is -0.356 e. The number of rotatable bonds is 4. The summed E-state index contributed by atoms with van der Waals surface area (Å²) >= 11 is 0. The Morgan fingerprint density at radius 1 is 1.29 bits per heavy atom. The Morgan fingerprint density at radius 2 is 2.12 bits per heavy atom. The lowest BCUT2D eigenvalue weighted by molar-refractivity contribution is 0.331. The zero-order valence-electron chi connectivity index (χ0n) is 14.1. The summed E-state index contributed by atoms with van der Waals surface area (Å²) in [5, 5.41) is 4.56. The topological polar surface area (TPSA) is 67.2 Å². The fraction of sp³-hybridized carbons (Fsp3) is 0.529. The van der Waals surface area contributed by atoms with Crippen molar-refractivity contribution in [2.75, 3.05) is 37.0 Å². The third kappa shape index (κ3) is 2.74. The highest BCUT2D eigenvalue weighted by Gasteiger charge is 2.29. The molecule has 4 rings (SSSR count). The van der Waals surface area contributed by atoms with Gasteiger partial charge in [-0.2, -0.15) is 10.1 Å². The van der Waals surface area contributed by atoms with E-state index < -0.39 is 0 Å². The lowest BCUT2D eigenvalue weighted by Crippen LogP contribution is -2.50. The van der Waals surface area contributed by atoms with Crippen molar-refractivity contribution >= 4 is 11.8 Å². The van der Waals surface area contributed by atoms with Gasteiger partial charge in [-0.05, 0) is 30.9 Å². The highest BCUT2D eigenvalue weighted by Crippen LogP contribution is 2.24. The van der Waals surface area contributed by atoms with Gasteiger partial charge in [-0.3, -0.25) is 4.79 Å². The van der Waals surface area contributed by atoms with Crippen LogP contribution >= 0.6 is 0 Å². The molecule has 0 aromatic carbocycles. The lowest BCUT2D eigenvalue weighted by Gasteiger charge is -2.40. The van der Waals surface area contributed by atoms with Crippen LogP contribution in [0.5, 0.6) is 0 Å². The van der Waals surface area contributed by atoms with Crippen LogP contribution in [0.4, 0.5) is 11.8 Å². The largest absolute Gasteiger partial charge is 0.356 e. The van der Waals surface area contributed by atoms with Crippen molar-refractivity contribution in [2.24, 2.45) is 5.92 Å². The van der Waals surface area contributed by atoms with Crippen molar-refractivity contribution in [1.82, 2.24) is 19.7 Å². The van der Waals surface area contributed by atoms with Crippen molar-refractivity contribution in [2.45, 2.75) is 25.8 Å². The molecule has 1 aliphatic carbocycles. The van der Waals surface area contributed by atoms with Crippen LogP contribution in [0.2, 0.25) is 0 Å². The second-order valence-corrected chi connectivity index (χ2v) is 6.87. The summed E-state index contributed by atoms with van der Waals surface area (Å²) in [5.41, 5.74) is 2.28. The van der Waals surface area contributed by atoms with Crippen LogP contribution in [-0.4, -0.2) is 46.9 Å². The predicted molar refractivity (Wildman–Crippen MR) is 92.6 cm³/mol. The van der Waals surface area contributed by atoms with Gasteiger partial charge < -0.3 is 9.80 Å². The minimum absolute atomic E-state index is 0.0334. The predicted octanol–water partition coefficient (Wildman–Crippen LogP) is 0.724. The van der Waals surface area contributed by atoms with Crippen LogP contribution in [0.1, 0.15) is 17.7 Å². The Hall–Kier alpha value is -2.44. The van der Waals surface area contributed by atoms with E-state index in [1.807, 2.05) is 25.1 Å². The number of fused-ring (bicyclic) bond motifs is 1. The molecule has 7 heteroatoms. The molecule has 1 aliphatic heterocycles. The first-order valence-corrected chi connectivity index (χ1v) is 8.45. The number of nitrogens with zero attached hydrogens (tertiary/aromatic N) is 6.